The van der Waals surface area contributed by atoms with Gasteiger partial charge in [-0.3, -0.25) is 4.79 Å². The van der Waals surface area contributed by atoms with E-state index in [9.17, 15) is 4.79 Å². The van der Waals surface area contributed by atoms with Crippen molar-refractivity contribution < 1.29 is 9.47 Å². The highest BCUT2D eigenvalue weighted by molar-refractivity contribution is 5.07. The van der Waals surface area contributed by atoms with Gasteiger partial charge in [0, 0.05) is 6.61 Å². The number of aromatic nitrogens is 2. The first-order valence-corrected chi connectivity index (χ1v) is 5.01. The van der Waals surface area contributed by atoms with Crippen LogP contribution in [0.4, 0.5) is 0 Å². The molecule has 0 spiro atoms. The molecule has 1 heterocycles. The molecule has 1 aromatic rings. The molecule has 0 atom stereocenters. The summed E-state index contributed by atoms with van der Waals surface area (Å²) < 4.78 is 10.5. The summed E-state index contributed by atoms with van der Waals surface area (Å²) in [5.41, 5.74) is -0.202. The molecule has 0 unspecified atom stereocenters. The van der Waals surface area contributed by atoms with Crippen LogP contribution in [0.15, 0.2) is 10.9 Å². The monoisotopic (exact) mass is 212 g/mol. The second-order valence-electron chi connectivity index (χ2n) is 3.13. The van der Waals surface area contributed by atoms with Gasteiger partial charge >= 0.3 is 0 Å². The van der Waals surface area contributed by atoms with Crippen molar-refractivity contribution in [2.24, 2.45) is 0 Å². The van der Waals surface area contributed by atoms with Gasteiger partial charge in [-0.2, -0.15) is 0 Å². The normalized spacial score (nSPS) is 10.3. The standard InChI is InChI=1S/C10H16N2O3/c1-3-4-14-5-6-15-10-7-9(13)11-8(2)12-10/h7H,3-6H2,1-2H3,(H,11,12,13). The summed E-state index contributed by atoms with van der Waals surface area (Å²) in [6, 6.07) is 1.33. The first-order chi connectivity index (χ1) is 7.22. The van der Waals surface area contributed by atoms with Crippen LogP contribution in [-0.4, -0.2) is 29.8 Å². The van der Waals surface area contributed by atoms with Gasteiger partial charge < -0.3 is 14.5 Å². The highest BCUT2D eigenvalue weighted by Gasteiger charge is 1.98. The zero-order chi connectivity index (χ0) is 11.1. The van der Waals surface area contributed by atoms with Crippen LogP contribution < -0.4 is 10.3 Å². The molecule has 0 radical (unpaired) electrons. The number of hydrogen-bond acceptors (Lipinski definition) is 4. The van der Waals surface area contributed by atoms with Crippen LogP contribution in [0, 0.1) is 6.92 Å². The number of rotatable bonds is 6. The Balaban J connectivity index is 2.34. The van der Waals surface area contributed by atoms with Crippen LogP contribution in [-0.2, 0) is 4.74 Å². The van der Waals surface area contributed by atoms with Gasteiger partial charge in [0.2, 0.25) is 5.88 Å². The molecule has 0 saturated heterocycles. The fraction of sp³-hybridized carbons (Fsp3) is 0.600. The fourth-order valence-electron chi connectivity index (χ4n) is 1.08. The van der Waals surface area contributed by atoms with Crippen LogP contribution in [0.2, 0.25) is 0 Å². The molecule has 0 fully saturated rings. The molecule has 0 saturated carbocycles. The zero-order valence-electron chi connectivity index (χ0n) is 9.08. The van der Waals surface area contributed by atoms with Gasteiger partial charge in [-0.05, 0) is 13.3 Å². The molecular weight excluding hydrogens is 196 g/mol. The number of nitrogens with zero attached hydrogens (tertiary/aromatic N) is 1. The van der Waals surface area contributed by atoms with Crippen molar-refractivity contribution in [1.29, 1.82) is 0 Å². The van der Waals surface area contributed by atoms with E-state index in [1.165, 1.54) is 6.07 Å². The van der Waals surface area contributed by atoms with Crippen LogP contribution in [0.25, 0.3) is 0 Å². The molecule has 1 aromatic heterocycles. The Labute approximate surface area is 88.4 Å². The average Bonchev–Trinajstić information content (AvgIpc) is 2.16. The molecule has 5 nitrogen and oxygen atoms in total. The minimum atomic E-state index is -0.202. The molecule has 0 amide bonds. The predicted octanol–water partition coefficient (Wildman–Crippen LogP) is 0.884. The third-order valence-corrected chi connectivity index (χ3v) is 1.66. The molecule has 84 valence electrons. The van der Waals surface area contributed by atoms with Crippen molar-refractivity contribution in [2.75, 3.05) is 19.8 Å². The maximum absolute atomic E-state index is 11.0. The molecular formula is C10H16N2O3. The zero-order valence-corrected chi connectivity index (χ0v) is 9.08. The van der Waals surface area contributed by atoms with Crippen LogP contribution in [0.3, 0.4) is 0 Å². The molecule has 0 aliphatic heterocycles. The molecule has 15 heavy (non-hydrogen) atoms. The van der Waals surface area contributed by atoms with E-state index < -0.39 is 0 Å². The summed E-state index contributed by atoms with van der Waals surface area (Å²) in [4.78, 5) is 17.6. The lowest BCUT2D eigenvalue weighted by atomic mass is 10.5. The summed E-state index contributed by atoms with van der Waals surface area (Å²) >= 11 is 0. The topological polar surface area (TPSA) is 64.2 Å². The van der Waals surface area contributed by atoms with E-state index in [0.29, 0.717) is 24.9 Å². The van der Waals surface area contributed by atoms with E-state index in [4.69, 9.17) is 9.47 Å². The van der Waals surface area contributed by atoms with E-state index in [2.05, 4.69) is 9.97 Å². The summed E-state index contributed by atoms with van der Waals surface area (Å²) in [6.45, 7) is 5.41. The lowest BCUT2D eigenvalue weighted by molar-refractivity contribution is 0.0988. The number of aromatic amines is 1. The van der Waals surface area contributed by atoms with Gasteiger partial charge in [-0.1, -0.05) is 6.92 Å². The van der Waals surface area contributed by atoms with Crippen molar-refractivity contribution in [1.82, 2.24) is 9.97 Å². The number of aryl methyl sites for hydroxylation is 1. The van der Waals surface area contributed by atoms with Gasteiger partial charge in [-0.15, -0.1) is 0 Å². The van der Waals surface area contributed by atoms with Crippen molar-refractivity contribution in [3.8, 4) is 5.88 Å². The van der Waals surface area contributed by atoms with E-state index >= 15 is 0 Å². The van der Waals surface area contributed by atoms with Gasteiger partial charge in [0.25, 0.3) is 5.56 Å². The van der Waals surface area contributed by atoms with Crippen LogP contribution in [0.5, 0.6) is 5.88 Å². The first-order valence-electron chi connectivity index (χ1n) is 5.01. The minimum Gasteiger partial charge on any atom is -0.475 e. The maximum Gasteiger partial charge on any atom is 0.254 e. The summed E-state index contributed by atoms with van der Waals surface area (Å²) in [7, 11) is 0. The Morgan fingerprint density at radius 2 is 2.20 bits per heavy atom. The van der Waals surface area contributed by atoms with Gasteiger partial charge in [-0.25, -0.2) is 4.98 Å². The SMILES string of the molecule is CCCOCCOc1cc(=O)[nH]c(C)n1. The van der Waals surface area contributed by atoms with E-state index in [1.54, 1.807) is 6.92 Å². The molecule has 0 aliphatic carbocycles. The van der Waals surface area contributed by atoms with Crippen molar-refractivity contribution in [3.05, 3.63) is 22.2 Å². The number of H-pyrrole nitrogens is 1. The molecule has 0 aromatic carbocycles. The van der Waals surface area contributed by atoms with Crippen molar-refractivity contribution in [2.45, 2.75) is 20.3 Å². The molecule has 5 heteroatoms. The lowest BCUT2D eigenvalue weighted by Crippen LogP contribution is -2.13. The third-order valence-electron chi connectivity index (χ3n) is 1.66. The van der Waals surface area contributed by atoms with E-state index in [0.717, 1.165) is 13.0 Å². The number of hydrogen-bond donors (Lipinski definition) is 1. The molecule has 1 rings (SSSR count). The Kier molecular flexibility index (Phi) is 4.83. The Hall–Kier alpha value is -1.36. The molecule has 1 N–H and O–H groups in total. The van der Waals surface area contributed by atoms with Crippen LogP contribution in [0.1, 0.15) is 19.2 Å². The average molecular weight is 212 g/mol. The Morgan fingerprint density at radius 1 is 1.40 bits per heavy atom. The van der Waals surface area contributed by atoms with Gasteiger partial charge in [0.1, 0.15) is 12.4 Å². The van der Waals surface area contributed by atoms with Gasteiger partial charge in [0.05, 0.1) is 12.7 Å². The maximum atomic E-state index is 11.0. The van der Waals surface area contributed by atoms with E-state index in [1.807, 2.05) is 6.92 Å². The first kappa shape index (κ1) is 11.7. The summed E-state index contributed by atoms with van der Waals surface area (Å²) in [5.74, 6) is 0.892. The Bertz CT molecular complexity index is 349. The van der Waals surface area contributed by atoms with Gasteiger partial charge in [0.15, 0.2) is 0 Å². The number of nitrogens with one attached hydrogen (secondary N) is 1. The second kappa shape index (κ2) is 6.19. The van der Waals surface area contributed by atoms with E-state index in [-0.39, 0.29) is 5.56 Å². The lowest BCUT2D eigenvalue weighted by Gasteiger charge is -2.05. The molecule has 0 aliphatic rings. The predicted molar refractivity (Wildman–Crippen MR) is 56.2 cm³/mol. The smallest absolute Gasteiger partial charge is 0.254 e. The van der Waals surface area contributed by atoms with Crippen molar-refractivity contribution in [3.63, 3.8) is 0 Å². The number of ether oxygens (including phenoxy) is 2. The Morgan fingerprint density at radius 3 is 2.87 bits per heavy atom. The largest absolute Gasteiger partial charge is 0.475 e. The minimum absolute atomic E-state index is 0.202. The summed E-state index contributed by atoms with van der Waals surface area (Å²) in [6.07, 6.45) is 0.988. The molecule has 0 bridgehead atoms. The summed E-state index contributed by atoms with van der Waals surface area (Å²) in [5, 5.41) is 0. The fourth-order valence-corrected chi connectivity index (χ4v) is 1.08. The second-order valence-corrected chi connectivity index (χ2v) is 3.13. The van der Waals surface area contributed by atoms with Crippen LogP contribution >= 0.6 is 0 Å². The highest BCUT2D eigenvalue weighted by atomic mass is 16.5. The highest BCUT2D eigenvalue weighted by Crippen LogP contribution is 2.00. The quantitative estimate of drug-likeness (QED) is 0.711. The third kappa shape index (κ3) is 4.60. The van der Waals surface area contributed by atoms with Crippen molar-refractivity contribution >= 4 is 0 Å².